The number of para-hydroxylation sites is 1. The van der Waals surface area contributed by atoms with Gasteiger partial charge in [0.15, 0.2) is 0 Å². The largest absolute Gasteiger partial charge is 0.271 e. The maximum absolute atomic E-state index is 5.86. The van der Waals surface area contributed by atoms with Crippen molar-refractivity contribution in [2.75, 3.05) is 0 Å². The molecular weight excluding hydrogens is 262 g/mol. The van der Waals surface area contributed by atoms with Crippen molar-refractivity contribution in [2.24, 2.45) is 17.7 Å². The number of hydrogen-bond acceptors (Lipinski definition) is 4. The highest BCUT2D eigenvalue weighted by atomic mass is 15.4. The zero-order valence-corrected chi connectivity index (χ0v) is 12.4. The molecule has 1 aliphatic rings. The molecule has 1 fully saturated rings. The van der Waals surface area contributed by atoms with Crippen LogP contribution in [0.3, 0.4) is 0 Å². The number of hydrogen-bond donors (Lipinski definition) is 2. The number of nitrogens with zero attached hydrogens (tertiary/aromatic N) is 3. The second-order valence-corrected chi connectivity index (χ2v) is 5.90. The summed E-state index contributed by atoms with van der Waals surface area (Å²) in [6.45, 7) is 2.27. The molecule has 1 heterocycles. The molecular formula is C16H23N5. The van der Waals surface area contributed by atoms with Crippen molar-refractivity contribution in [3.63, 3.8) is 0 Å². The fourth-order valence-corrected chi connectivity index (χ4v) is 3.48. The van der Waals surface area contributed by atoms with Crippen LogP contribution in [0.25, 0.3) is 5.69 Å². The topological polar surface area (TPSA) is 68.8 Å². The van der Waals surface area contributed by atoms with Crippen molar-refractivity contribution in [1.29, 1.82) is 0 Å². The van der Waals surface area contributed by atoms with Gasteiger partial charge in [-0.2, -0.15) is 0 Å². The van der Waals surface area contributed by atoms with Crippen molar-refractivity contribution >= 4 is 0 Å². The van der Waals surface area contributed by atoms with Gasteiger partial charge in [0.25, 0.3) is 0 Å². The molecule has 1 aromatic heterocycles. The van der Waals surface area contributed by atoms with Crippen LogP contribution in [0.15, 0.2) is 36.5 Å². The first-order chi connectivity index (χ1) is 10.3. The summed E-state index contributed by atoms with van der Waals surface area (Å²) < 4.78 is 1.89. The molecule has 0 bridgehead atoms. The molecule has 0 spiro atoms. The Morgan fingerprint density at radius 3 is 2.81 bits per heavy atom. The van der Waals surface area contributed by atoms with Crippen LogP contribution >= 0.6 is 0 Å². The molecule has 112 valence electrons. The lowest BCUT2D eigenvalue weighted by Gasteiger charge is -2.23. The summed E-state index contributed by atoms with van der Waals surface area (Å²) in [5.74, 6) is 7.24. The highest BCUT2D eigenvalue weighted by Crippen LogP contribution is 2.40. The monoisotopic (exact) mass is 285 g/mol. The van der Waals surface area contributed by atoms with E-state index in [1.807, 2.05) is 41.2 Å². The number of nitrogens with one attached hydrogen (secondary N) is 1. The van der Waals surface area contributed by atoms with E-state index in [9.17, 15) is 0 Å². The predicted octanol–water partition coefficient (Wildman–Crippen LogP) is 2.60. The molecule has 2 aromatic rings. The van der Waals surface area contributed by atoms with Crippen LogP contribution in [0.5, 0.6) is 0 Å². The molecule has 0 saturated heterocycles. The highest BCUT2D eigenvalue weighted by Gasteiger charge is 2.32. The van der Waals surface area contributed by atoms with Gasteiger partial charge in [-0.3, -0.25) is 11.3 Å². The van der Waals surface area contributed by atoms with E-state index in [4.69, 9.17) is 5.84 Å². The number of rotatable bonds is 5. The van der Waals surface area contributed by atoms with Crippen LogP contribution in [0, 0.1) is 11.8 Å². The van der Waals surface area contributed by atoms with E-state index in [-0.39, 0.29) is 6.04 Å². The number of aromatic nitrogens is 3. The van der Waals surface area contributed by atoms with Gasteiger partial charge >= 0.3 is 0 Å². The molecule has 21 heavy (non-hydrogen) atoms. The Morgan fingerprint density at radius 2 is 2.14 bits per heavy atom. The average Bonchev–Trinajstić information content (AvgIpc) is 3.19. The van der Waals surface area contributed by atoms with Gasteiger partial charge in [-0.15, -0.1) is 5.10 Å². The Balaban J connectivity index is 1.87. The molecule has 0 radical (unpaired) electrons. The molecule has 5 heteroatoms. The lowest BCUT2D eigenvalue weighted by molar-refractivity contribution is 0.346. The van der Waals surface area contributed by atoms with Gasteiger partial charge in [-0.1, -0.05) is 43.2 Å². The first kappa shape index (κ1) is 14.2. The predicted molar refractivity (Wildman–Crippen MR) is 82.5 cm³/mol. The summed E-state index contributed by atoms with van der Waals surface area (Å²) >= 11 is 0. The van der Waals surface area contributed by atoms with Crippen LogP contribution in [-0.4, -0.2) is 15.0 Å². The summed E-state index contributed by atoms with van der Waals surface area (Å²) in [6.07, 6.45) is 6.83. The average molecular weight is 285 g/mol. The van der Waals surface area contributed by atoms with E-state index in [2.05, 4.69) is 22.7 Å². The van der Waals surface area contributed by atoms with Gasteiger partial charge in [0.2, 0.25) is 0 Å². The van der Waals surface area contributed by atoms with Crippen molar-refractivity contribution < 1.29 is 0 Å². The zero-order valence-electron chi connectivity index (χ0n) is 12.4. The summed E-state index contributed by atoms with van der Waals surface area (Å²) in [5.41, 5.74) is 5.07. The SMILES string of the molecule is CCC1CCC(C(NN)c2cnnn2-c2ccccc2)C1. The van der Waals surface area contributed by atoms with Crippen LogP contribution < -0.4 is 11.3 Å². The van der Waals surface area contributed by atoms with Gasteiger partial charge in [-0.25, -0.2) is 4.68 Å². The zero-order chi connectivity index (χ0) is 14.7. The first-order valence-electron chi connectivity index (χ1n) is 7.75. The summed E-state index contributed by atoms with van der Waals surface area (Å²) in [5, 5.41) is 8.33. The molecule has 1 saturated carbocycles. The molecule has 5 nitrogen and oxygen atoms in total. The summed E-state index contributed by atoms with van der Waals surface area (Å²) in [6, 6.07) is 10.2. The Labute approximate surface area is 125 Å². The third-order valence-corrected chi connectivity index (χ3v) is 4.71. The third kappa shape index (κ3) is 2.84. The standard InChI is InChI=1S/C16H23N5/c1-2-12-8-9-13(10-12)16(19-17)15-11-18-20-21(15)14-6-4-3-5-7-14/h3-7,11-13,16,19H,2,8-10,17H2,1H3. The van der Waals surface area contributed by atoms with Crippen molar-refractivity contribution in [3.8, 4) is 5.69 Å². The minimum Gasteiger partial charge on any atom is -0.271 e. The van der Waals surface area contributed by atoms with E-state index >= 15 is 0 Å². The fourth-order valence-electron chi connectivity index (χ4n) is 3.48. The molecule has 0 aliphatic heterocycles. The number of hydrazine groups is 1. The van der Waals surface area contributed by atoms with Crippen molar-refractivity contribution in [2.45, 2.75) is 38.6 Å². The van der Waals surface area contributed by atoms with E-state index in [1.165, 1.54) is 25.7 Å². The van der Waals surface area contributed by atoms with E-state index in [1.54, 1.807) is 0 Å². The van der Waals surface area contributed by atoms with Gasteiger partial charge in [0, 0.05) is 0 Å². The minimum absolute atomic E-state index is 0.108. The Kier molecular flexibility index (Phi) is 4.31. The summed E-state index contributed by atoms with van der Waals surface area (Å²) in [7, 11) is 0. The van der Waals surface area contributed by atoms with Crippen molar-refractivity contribution in [1.82, 2.24) is 20.4 Å². The van der Waals surface area contributed by atoms with Gasteiger partial charge in [0.05, 0.1) is 23.6 Å². The van der Waals surface area contributed by atoms with E-state index in [0.29, 0.717) is 5.92 Å². The maximum atomic E-state index is 5.86. The number of benzene rings is 1. The smallest absolute Gasteiger partial charge is 0.0831 e. The van der Waals surface area contributed by atoms with Gasteiger partial charge in [-0.05, 0) is 36.8 Å². The molecule has 3 N–H and O–H groups in total. The van der Waals surface area contributed by atoms with E-state index < -0.39 is 0 Å². The molecule has 3 unspecified atom stereocenters. The highest BCUT2D eigenvalue weighted by molar-refractivity contribution is 5.32. The molecule has 3 rings (SSSR count). The molecule has 3 atom stereocenters. The van der Waals surface area contributed by atoms with Gasteiger partial charge < -0.3 is 0 Å². The van der Waals surface area contributed by atoms with Crippen LogP contribution in [0.1, 0.15) is 44.3 Å². The first-order valence-corrected chi connectivity index (χ1v) is 7.75. The van der Waals surface area contributed by atoms with Crippen LogP contribution in [-0.2, 0) is 0 Å². The van der Waals surface area contributed by atoms with Crippen LogP contribution in [0.4, 0.5) is 0 Å². The number of nitrogens with two attached hydrogens (primary N) is 1. The molecule has 0 amide bonds. The second kappa shape index (κ2) is 6.37. The Hall–Kier alpha value is -1.72. The third-order valence-electron chi connectivity index (χ3n) is 4.71. The lowest BCUT2D eigenvalue weighted by Crippen LogP contribution is -2.34. The van der Waals surface area contributed by atoms with E-state index in [0.717, 1.165) is 17.3 Å². The van der Waals surface area contributed by atoms with Crippen LogP contribution in [0.2, 0.25) is 0 Å². The summed E-state index contributed by atoms with van der Waals surface area (Å²) in [4.78, 5) is 0. The quantitative estimate of drug-likeness (QED) is 0.654. The molecule has 1 aromatic carbocycles. The lowest BCUT2D eigenvalue weighted by atomic mass is 9.94. The normalized spacial score (nSPS) is 23.3. The Bertz CT molecular complexity index is 565. The van der Waals surface area contributed by atoms with Gasteiger partial charge in [0.1, 0.15) is 0 Å². The second-order valence-electron chi connectivity index (χ2n) is 5.90. The maximum Gasteiger partial charge on any atom is 0.0831 e. The fraction of sp³-hybridized carbons (Fsp3) is 0.500. The Morgan fingerprint density at radius 1 is 1.33 bits per heavy atom. The minimum atomic E-state index is 0.108. The molecule has 1 aliphatic carbocycles. The van der Waals surface area contributed by atoms with Crippen molar-refractivity contribution in [3.05, 3.63) is 42.2 Å².